The Morgan fingerprint density at radius 2 is 2.17 bits per heavy atom. The minimum absolute atomic E-state index is 0.0719. The molecule has 1 aliphatic carbocycles. The number of aromatic hydroxyl groups is 1. The average molecular weight is 248 g/mol. The molecule has 1 aromatic rings. The van der Waals surface area contributed by atoms with Gasteiger partial charge < -0.3 is 15.7 Å². The van der Waals surface area contributed by atoms with Crippen LogP contribution < -0.4 is 5.73 Å². The molecule has 1 fully saturated rings. The fourth-order valence-corrected chi connectivity index (χ4v) is 1.99. The van der Waals surface area contributed by atoms with Gasteiger partial charge >= 0.3 is 0 Å². The topological polar surface area (TPSA) is 66.6 Å². The van der Waals surface area contributed by atoms with Gasteiger partial charge in [0.2, 0.25) is 0 Å². The third kappa shape index (κ3) is 2.75. The normalized spacial score (nSPS) is 14.8. The molecule has 98 valence electrons. The van der Waals surface area contributed by atoms with E-state index in [9.17, 15) is 9.90 Å². The van der Waals surface area contributed by atoms with Gasteiger partial charge in [0.15, 0.2) is 0 Å². The zero-order valence-corrected chi connectivity index (χ0v) is 10.9. The number of carbonyl (C=O) groups excluding carboxylic acids is 1. The lowest BCUT2D eigenvalue weighted by molar-refractivity contribution is 0.0697. The second kappa shape index (κ2) is 4.88. The number of carbonyl (C=O) groups is 1. The van der Waals surface area contributed by atoms with Gasteiger partial charge in [-0.1, -0.05) is 0 Å². The zero-order valence-electron chi connectivity index (χ0n) is 10.9. The highest BCUT2D eigenvalue weighted by atomic mass is 16.3. The summed E-state index contributed by atoms with van der Waals surface area (Å²) in [5, 5.41) is 9.47. The molecular formula is C14H20N2O2. The number of phenolic OH excluding ortho intramolecular Hbond substituents is 1. The number of rotatable bonds is 4. The Morgan fingerprint density at radius 1 is 1.50 bits per heavy atom. The van der Waals surface area contributed by atoms with Crippen LogP contribution in [0.15, 0.2) is 18.2 Å². The van der Waals surface area contributed by atoms with Gasteiger partial charge in [0.05, 0.1) is 5.56 Å². The van der Waals surface area contributed by atoms with Crippen LogP contribution in [0.1, 0.15) is 37.0 Å². The summed E-state index contributed by atoms with van der Waals surface area (Å²) < 4.78 is 0. The zero-order chi connectivity index (χ0) is 13.3. The number of benzene rings is 1. The Morgan fingerprint density at radius 3 is 2.72 bits per heavy atom. The molecule has 0 aliphatic heterocycles. The first-order valence-electron chi connectivity index (χ1n) is 6.38. The van der Waals surface area contributed by atoms with Crippen LogP contribution in [-0.4, -0.2) is 28.5 Å². The standard InChI is InChI=1S/C14H20N2O2/c1-9(2)16(8-10-3-4-10)14(18)12-7-11(17)5-6-13(12)15/h5-7,9-10,17H,3-4,8,15H2,1-2H3. The van der Waals surface area contributed by atoms with E-state index in [1.165, 1.54) is 25.0 Å². The van der Waals surface area contributed by atoms with Gasteiger partial charge in [0, 0.05) is 18.3 Å². The van der Waals surface area contributed by atoms with Crippen LogP contribution in [0.25, 0.3) is 0 Å². The molecule has 3 N–H and O–H groups in total. The summed E-state index contributed by atoms with van der Waals surface area (Å²) >= 11 is 0. The van der Waals surface area contributed by atoms with E-state index in [2.05, 4.69) is 0 Å². The molecule has 1 amide bonds. The van der Waals surface area contributed by atoms with Crippen LogP contribution in [-0.2, 0) is 0 Å². The van der Waals surface area contributed by atoms with Gasteiger partial charge in [0.25, 0.3) is 5.91 Å². The number of phenols is 1. The third-order valence-corrected chi connectivity index (χ3v) is 3.30. The maximum Gasteiger partial charge on any atom is 0.256 e. The van der Waals surface area contributed by atoms with Crippen LogP contribution >= 0.6 is 0 Å². The largest absolute Gasteiger partial charge is 0.508 e. The Bertz CT molecular complexity index is 453. The van der Waals surface area contributed by atoms with Crippen molar-refractivity contribution in [1.82, 2.24) is 4.90 Å². The first-order chi connectivity index (χ1) is 8.49. The van der Waals surface area contributed by atoms with Gasteiger partial charge in [-0.15, -0.1) is 0 Å². The number of nitrogens with two attached hydrogens (primary N) is 1. The first kappa shape index (κ1) is 12.7. The Labute approximate surface area is 107 Å². The van der Waals surface area contributed by atoms with Crippen molar-refractivity contribution in [1.29, 1.82) is 0 Å². The summed E-state index contributed by atoms with van der Waals surface area (Å²) in [6, 6.07) is 4.64. The van der Waals surface area contributed by atoms with Crippen molar-refractivity contribution in [3.8, 4) is 5.75 Å². The molecule has 0 saturated heterocycles. The van der Waals surface area contributed by atoms with E-state index in [4.69, 9.17) is 5.73 Å². The van der Waals surface area contributed by atoms with Crippen molar-refractivity contribution in [2.75, 3.05) is 12.3 Å². The minimum atomic E-state index is -0.0923. The maximum absolute atomic E-state index is 12.5. The molecular weight excluding hydrogens is 228 g/mol. The van der Waals surface area contributed by atoms with Crippen LogP contribution in [0.3, 0.4) is 0 Å². The average Bonchev–Trinajstić information content (AvgIpc) is 3.12. The molecule has 0 atom stereocenters. The summed E-state index contributed by atoms with van der Waals surface area (Å²) in [6.45, 7) is 4.78. The minimum Gasteiger partial charge on any atom is -0.508 e. The van der Waals surface area contributed by atoms with Crippen molar-refractivity contribution in [3.05, 3.63) is 23.8 Å². The Balaban J connectivity index is 2.23. The molecule has 4 heteroatoms. The van der Waals surface area contributed by atoms with E-state index in [1.54, 1.807) is 6.07 Å². The summed E-state index contributed by atoms with van der Waals surface area (Å²) in [7, 11) is 0. The summed E-state index contributed by atoms with van der Waals surface area (Å²) in [5.41, 5.74) is 6.63. The van der Waals surface area contributed by atoms with Crippen LogP contribution in [0.4, 0.5) is 5.69 Å². The van der Waals surface area contributed by atoms with E-state index < -0.39 is 0 Å². The van der Waals surface area contributed by atoms with Crippen molar-refractivity contribution < 1.29 is 9.90 Å². The molecule has 0 radical (unpaired) electrons. The molecule has 0 unspecified atom stereocenters. The molecule has 0 bridgehead atoms. The molecule has 2 rings (SSSR count). The lowest BCUT2D eigenvalue weighted by Gasteiger charge is -2.27. The molecule has 18 heavy (non-hydrogen) atoms. The summed E-state index contributed by atoms with van der Waals surface area (Å²) in [6.07, 6.45) is 2.40. The number of amides is 1. The van der Waals surface area contributed by atoms with E-state index in [0.717, 1.165) is 6.54 Å². The van der Waals surface area contributed by atoms with Gasteiger partial charge in [-0.25, -0.2) is 0 Å². The number of hydrogen-bond acceptors (Lipinski definition) is 3. The quantitative estimate of drug-likeness (QED) is 0.634. The lowest BCUT2D eigenvalue weighted by atomic mass is 10.1. The van der Waals surface area contributed by atoms with Gasteiger partial charge in [-0.05, 0) is 50.8 Å². The van der Waals surface area contributed by atoms with Crippen LogP contribution in [0.5, 0.6) is 5.75 Å². The second-order valence-electron chi connectivity index (χ2n) is 5.27. The second-order valence-corrected chi connectivity index (χ2v) is 5.27. The molecule has 1 saturated carbocycles. The smallest absolute Gasteiger partial charge is 0.256 e. The molecule has 1 aromatic carbocycles. The highest BCUT2D eigenvalue weighted by Crippen LogP contribution is 2.31. The number of nitrogens with zero attached hydrogens (tertiary/aromatic N) is 1. The van der Waals surface area contributed by atoms with Crippen molar-refractivity contribution >= 4 is 11.6 Å². The van der Waals surface area contributed by atoms with Crippen molar-refractivity contribution in [3.63, 3.8) is 0 Å². The molecule has 4 nitrogen and oxygen atoms in total. The highest BCUT2D eigenvalue weighted by Gasteiger charge is 2.29. The molecule has 0 spiro atoms. The van der Waals surface area contributed by atoms with Gasteiger partial charge in [-0.2, -0.15) is 0 Å². The first-order valence-corrected chi connectivity index (χ1v) is 6.38. The monoisotopic (exact) mass is 248 g/mol. The van der Waals surface area contributed by atoms with E-state index >= 15 is 0 Å². The predicted octanol–water partition coefficient (Wildman–Crippen LogP) is 2.23. The number of hydrogen-bond donors (Lipinski definition) is 2. The number of nitrogen functional groups attached to an aromatic ring is 1. The number of anilines is 1. The third-order valence-electron chi connectivity index (χ3n) is 3.30. The van der Waals surface area contributed by atoms with Crippen molar-refractivity contribution in [2.45, 2.75) is 32.7 Å². The molecule has 1 aliphatic rings. The molecule has 0 aromatic heterocycles. The van der Waals surface area contributed by atoms with Gasteiger partial charge in [0.1, 0.15) is 5.75 Å². The van der Waals surface area contributed by atoms with Crippen LogP contribution in [0, 0.1) is 5.92 Å². The Kier molecular flexibility index (Phi) is 3.45. The fraction of sp³-hybridized carbons (Fsp3) is 0.500. The maximum atomic E-state index is 12.5. The fourth-order valence-electron chi connectivity index (χ4n) is 1.99. The molecule has 0 heterocycles. The predicted molar refractivity (Wildman–Crippen MR) is 71.4 cm³/mol. The van der Waals surface area contributed by atoms with Crippen LogP contribution in [0.2, 0.25) is 0 Å². The van der Waals surface area contributed by atoms with E-state index in [1.807, 2.05) is 18.7 Å². The van der Waals surface area contributed by atoms with Gasteiger partial charge in [-0.3, -0.25) is 4.79 Å². The summed E-state index contributed by atoms with van der Waals surface area (Å²) in [5.74, 6) is 0.614. The van der Waals surface area contributed by atoms with E-state index in [0.29, 0.717) is 17.2 Å². The Hall–Kier alpha value is -1.71. The highest BCUT2D eigenvalue weighted by molar-refractivity contribution is 5.99. The van der Waals surface area contributed by atoms with E-state index in [-0.39, 0.29) is 17.7 Å². The van der Waals surface area contributed by atoms with Crippen molar-refractivity contribution in [2.24, 2.45) is 5.92 Å². The SMILES string of the molecule is CC(C)N(CC1CC1)C(=O)c1cc(O)ccc1N. The summed E-state index contributed by atoms with van der Waals surface area (Å²) in [4.78, 5) is 14.3. The lowest BCUT2D eigenvalue weighted by Crippen LogP contribution is -2.38.